The first-order chi connectivity index (χ1) is 9.63. The number of aromatic nitrogens is 3. The Morgan fingerprint density at radius 1 is 1.55 bits per heavy atom. The van der Waals surface area contributed by atoms with Gasteiger partial charge in [0.05, 0.1) is 13.2 Å². The maximum atomic E-state index is 12.3. The fourth-order valence-electron chi connectivity index (χ4n) is 2.08. The van der Waals surface area contributed by atoms with Crippen molar-refractivity contribution >= 4 is 17.5 Å². The third-order valence-electron chi connectivity index (χ3n) is 3.04. The van der Waals surface area contributed by atoms with Crippen LogP contribution in [0, 0.1) is 6.92 Å². The first kappa shape index (κ1) is 13.1. The number of rotatable bonds is 2. The van der Waals surface area contributed by atoms with E-state index in [4.69, 9.17) is 20.8 Å². The van der Waals surface area contributed by atoms with Gasteiger partial charge in [-0.1, -0.05) is 0 Å². The Kier molecular flexibility index (Phi) is 3.45. The summed E-state index contributed by atoms with van der Waals surface area (Å²) in [7, 11) is 0. The van der Waals surface area contributed by atoms with Gasteiger partial charge in [-0.15, -0.1) is 0 Å². The lowest BCUT2D eigenvalue weighted by Gasteiger charge is -2.30. The topological polar surface area (TPSA) is 84.2 Å². The number of aryl methyl sites for hydroxylation is 1. The highest BCUT2D eigenvalue weighted by molar-refractivity contribution is 6.29. The van der Waals surface area contributed by atoms with Crippen molar-refractivity contribution in [2.45, 2.75) is 13.0 Å². The molecule has 1 saturated heterocycles. The van der Waals surface area contributed by atoms with Crippen molar-refractivity contribution in [3.8, 4) is 0 Å². The van der Waals surface area contributed by atoms with Crippen molar-refractivity contribution in [1.82, 2.24) is 20.1 Å². The molecule has 0 saturated carbocycles. The van der Waals surface area contributed by atoms with E-state index < -0.39 is 0 Å². The predicted octanol–water partition coefficient (Wildman–Crippen LogP) is 1.57. The molecule has 106 valence electrons. The Bertz CT molecular complexity index is 624. The second kappa shape index (κ2) is 5.26. The Labute approximate surface area is 119 Å². The molecule has 2 aromatic heterocycles. The predicted molar refractivity (Wildman–Crippen MR) is 69.4 cm³/mol. The van der Waals surface area contributed by atoms with Crippen LogP contribution < -0.4 is 0 Å². The lowest BCUT2D eigenvalue weighted by molar-refractivity contribution is -0.0275. The van der Waals surface area contributed by atoms with Crippen LogP contribution in [0.15, 0.2) is 16.5 Å². The summed E-state index contributed by atoms with van der Waals surface area (Å²) in [6.45, 7) is 3.12. The van der Waals surface area contributed by atoms with Gasteiger partial charge < -0.3 is 14.1 Å². The number of H-pyrrole nitrogens is 1. The number of hydrogen-bond acceptors (Lipinski definition) is 5. The van der Waals surface area contributed by atoms with Gasteiger partial charge in [-0.3, -0.25) is 9.89 Å². The molecule has 1 amide bonds. The van der Waals surface area contributed by atoms with Crippen molar-refractivity contribution in [2.24, 2.45) is 0 Å². The van der Waals surface area contributed by atoms with Gasteiger partial charge in [0.2, 0.25) is 0 Å². The zero-order valence-corrected chi connectivity index (χ0v) is 11.6. The molecule has 1 N–H and O–H groups in total. The highest BCUT2D eigenvalue weighted by atomic mass is 35.5. The van der Waals surface area contributed by atoms with E-state index in [-0.39, 0.29) is 23.0 Å². The molecule has 0 aliphatic carbocycles. The van der Waals surface area contributed by atoms with Crippen LogP contribution in [-0.2, 0) is 4.74 Å². The molecular formula is C12H13ClN4O3. The van der Waals surface area contributed by atoms with Gasteiger partial charge in [-0.05, 0) is 30.7 Å². The van der Waals surface area contributed by atoms with Crippen LogP contribution in [0.4, 0.5) is 0 Å². The summed E-state index contributed by atoms with van der Waals surface area (Å²) >= 11 is 5.68. The third-order valence-corrected chi connectivity index (χ3v) is 3.24. The molecule has 0 spiro atoms. The van der Waals surface area contributed by atoms with Gasteiger partial charge in [0, 0.05) is 6.54 Å². The van der Waals surface area contributed by atoms with Gasteiger partial charge in [-0.2, -0.15) is 5.10 Å². The fraction of sp³-hybridized carbons (Fsp3) is 0.417. The molecule has 1 aliphatic rings. The maximum Gasteiger partial charge on any atom is 0.289 e. The lowest BCUT2D eigenvalue weighted by atomic mass is 10.2. The minimum absolute atomic E-state index is 0.197. The molecule has 0 bridgehead atoms. The summed E-state index contributed by atoms with van der Waals surface area (Å²) in [6.07, 6.45) is -0.330. The van der Waals surface area contributed by atoms with Crippen LogP contribution in [0.5, 0.6) is 0 Å². The molecule has 8 heteroatoms. The minimum Gasteiger partial charge on any atom is -0.440 e. The third kappa shape index (κ3) is 2.54. The number of furan rings is 1. The number of halogens is 1. The molecule has 7 nitrogen and oxygen atoms in total. The van der Waals surface area contributed by atoms with Gasteiger partial charge in [-0.25, -0.2) is 4.98 Å². The Morgan fingerprint density at radius 3 is 3.05 bits per heavy atom. The second-order valence-corrected chi connectivity index (χ2v) is 4.87. The second-order valence-electron chi connectivity index (χ2n) is 4.49. The molecule has 3 rings (SSSR count). The first-order valence-corrected chi connectivity index (χ1v) is 6.56. The SMILES string of the molecule is Cc1nc(C2CN(C(=O)c3ccc(Cl)o3)CCO2)n[nH]1. The fourth-order valence-corrected chi connectivity index (χ4v) is 2.23. The minimum atomic E-state index is -0.330. The van der Waals surface area contributed by atoms with Gasteiger partial charge in [0.1, 0.15) is 11.9 Å². The van der Waals surface area contributed by atoms with Crippen molar-refractivity contribution in [3.63, 3.8) is 0 Å². The largest absolute Gasteiger partial charge is 0.440 e. The van der Waals surface area contributed by atoms with E-state index in [0.29, 0.717) is 31.3 Å². The smallest absolute Gasteiger partial charge is 0.289 e. The summed E-state index contributed by atoms with van der Waals surface area (Å²) in [4.78, 5) is 18.1. The molecule has 20 heavy (non-hydrogen) atoms. The van der Waals surface area contributed by atoms with E-state index in [1.165, 1.54) is 0 Å². The van der Waals surface area contributed by atoms with E-state index >= 15 is 0 Å². The number of aromatic amines is 1. The monoisotopic (exact) mass is 296 g/mol. The highest BCUT2D eigenvalue weighted by Gasteiger charge is 2.29. The first-order valence-electron chi connectivity index (χ1n) is 6.18. The number of ether oxygens (including phenoxy) is 1. The standard InChI is InChI=1S/C12H13ClN4O3/c1-7-14-11(16-15-7)9-6-17(4-5-19-9)12(18)8-2-3-10(13)20-8/h2-3,9H,4-6H2,1H3,(H,14,15,16). The van der Waals surface area contributed by atoms with Crippen molar-refractivity contribution in [2.75, 3.05) is 19.7 Å². The summed E-state index contributed by atoms with van der Waals surface area (Å²) < 4.78 is 10.7. The number of nitrogens with one attached hydrogen (secondary N) is 1. The molecule has 1 fully saturated rings. The summed E-state index contributed by atoms with van der Waals surface area (Å²) in [5.41, 5.74) is 0. The zero-order chi connectivity index (χ0) is 14.1. The number of carbonyl (C=O) groups is 1. The van der Waals surface area contributed by atoms with E-state index in [9.17, 15) is 4.79 Å². The molecule has 0 radical (unpaired) electrons. The summed E-state index contributed by atoms with van der Waals surface area (Å²) in [5.74, 6) is 1.28. The van der Waals surface area contributed by atoms with Gasteiger partial charge in [0.15, 0.2) is 16.8 Å². The Hall–Kier alpha value is -1.86. The Morgan fingerprint density at radius 2 is 2.40 bits per heavy atom. The van der Waals surface area contributed by atoms with E-state index in [0.717, 1.165) is 0 Å². The average molecular weight is 297 g/mol. The van der Waals surface area contributed by atoms with Crippen molar-refractivity contribution in [1.29, 1.82) is 0 Å². The van der Waals surface area contributed by atoms with Crippen LogP contribution in [-0.4, -0.2) is 45.7 Å². The highest BCUT2D eigenvalue weighted by Crippen LogP contribution is 2.22. The Balaban J connectivity index is 1.73. The van der Waals surface area contributed by atoms with E-state index in [1.54, 1.807) is 17.0 Å². The van der Waals surface area contributed by atoms with Crippen LogP contribution in [0.3, 0.4) is 0 Å². The molecule has 0 aromatic carbocycles. The molecule has 1 aliphatic heterocycles. The number of nitrogens with zero attached hydrogens (tertiary/aromatic N) is 3. The molecular weight excluding hydrogens is 284 g/mol. The maximum absolute atomic E-state index is 12.3. The summed E-state index contributed by atoms with van der Waals surface area (Å²) in [6, 6.07) is 3.11. The van der Waals surface area contributed by atoms with E-state index in [1.807, 2.05) is 6.92 Å². The van der Waals surface area contributed by atoms with E-state index in [2.05, 4.69) is 15.2 Å². The van der Waals surface area contributed by atoms with Gasteiger partial charge in [0.25, 0.3) is 5.91 Å². The summed E-state index contributed by atoms with van der Waals surface area (Å²) in [5, 5.41) is 7.03. The number of carbonyl (C=O) groups excluding carboxylic acids is 1. The van der Waals surface area contributed by atoms with Crippen molar-refractivity contribution in [3.05, 3.63) is 34.8 Å². The molecule has 3 heterocycles. The normalized spacial score (nSPS) is 19.3. The van der Waals surface area contributed by atoms with Crippen LogP contribution in [0.25, 0.3) is 0 Å². The average Bonchev–Trinajstić information content (AvgIpc) is 3.07. The number of morpholine rings is 1. The van der Waals surface area contributed by atoms with Gasteiger partial charge >= 0.3 is 0 Å². The quantitative estimate of drug-likeness (QED) is 0.909. The van der Waals surface area contributed by atoms with Crippen LogP contribution >= 0.6 is 11.6 Å². The molecule has 2 aromatic rings. The van der Waals surface area contributed by atoms with Crippen LogP contribution in [0.2, 0.25) is 5.22 Å². The van der Waals surface area contributed by atoms with Crippen LogP contribution in [0.1, 0.15) is 28.3 Å². The zero-order valence-electron chi connectivity index (χ0n) is 10.8. The number of hydrogen-bond donors (Lipinski definition) is 1. The number of amides is 1. The van der Waals surface area contributed by atoms with Crippen molar-refractivity contribution < 1.29 is 13.9 Å². The lowest BCUT2D eigenvalue weighted by Crippen LogP contribution is -2.42. The molecule has 1 unspecified atom stereocenters. The molecule has 1 atom stereocenters.